The highest BCUT2D eigenvalue weighted by Crippen LogP contribution is 2.07. The normalized spacial score (nSPS) is 12.6. The Morgan fingerprint density at radius 2 is 2.47 bits per heavy atom. The van der Waals surface area contributed by atoms with Crippen molar-refractivity contribution in [3.05, 3.63) is 22.7 Å². The maximum Gasteiger partial charge on any atom is 0.291 e. The number of halogens is 1. The van der Waals surface area contributed by atoms with Gasteiger partial charge in [-0.15, -0.1) is 5.10 Å². The predicted molar refractivity (Wildman–Crippen MR) is 62.5 cm³/mol. The fourth-order valence-electron chi connectivity index (χ4n) is 1.19. The van der Waals surface area contributed by atoms with Gasteiger partial charge in [0.05, 0.1) is 11.1 Å². The summed E-state index contributed by atoms with van der Waals surface area (Å²) in [5, 5.41) is 15.4. The Morgan fingerprint density at radius 1 is 1.71 bits per heavy atom. The summed E-state index contributed by atoms with van der Waals surface area (Å²) in [6, 6.07) is -0.339. The van der Waals surface area contributed by atoms with Crippen LogP contribution in [0.25, 0.3) is 5.78 Å². The summed E-state index contributed by atoms with van der Waals surface area (Å²) in [6.07, 6.45) is 3.23. The molecule has 0 aliphatic carbocycles. The molecule has 0 aromatic carbocycles. The molecule has 0 radical (unpaired) electrons. The van der Waals surface area contributed by atoms with E-state index in [0.717, 1.165) is 4.47 Å². The number of nitrogens with one attached hydrogen (secondary N) is 1. The summed E-state index contributed by atoms with van der Waals surface area (Å²) in [4.78, 5) is 19.6. The fourth-order valence-corrected chi connectivity index (χ4v) is 1.49. The summed E-state index contributed by atoms with van der Waals surface area (Å²) in [5.74, 6) is -0.0703. The quantitative estimate of drug-likeness (QED) is 0.832. The van der Waals surface area contributed by atoms with Crippen LogP contribution in [0, 0.1) is 0 Å². The number of aromatic nitrogens is 4. The van der Waals surface area contributed by atoms with E-state index in [1.54, 1.807) is 19.3 Å². The molecule has 1 amide bonds. The number of carbonyl (C=O) groups is 1. The van der Waals surface area contributed by atoms with Crippen molar-refractivity contribution in [2.75, 3.05) is 6.61 Å². The minimum Gasteiger partial charge on any atom is -0.394 e. The van der Waals surface area contributed by atoms with Gasteiger partial charge in [0.1, 0.15) is 0 Å². The van der Waals surface area contributed by atoms with E-state index in [9.17, 15) is 4.79 Å². The van der Waals surface area contributed by atoms with Crippen molar-refractivity contribution in [2.24, 2.45) is 0 Å². The Morgan fingerprint density at radius 3 is 3.18 bits per heavy atom. The van der Waals surface area contributed by atoms with Gasteiger partial charge in [0, 0.05) is 18.4 Å². The second-order valence-electron chi connectivity index (χ2n) is 3.51. The van der Waals surface area contributed by atoms with Gasteiger partial charge in [-0.2, -0.15) is 4.98 Å². The zero-order valence-electron chi connectivity index (χ0n) is 8.96. The fraction of sp³-hybridized carbons (Fsp3) is 0.333. The van der Waals surface area contributed by atoms with Crippen molar-refractivity contribution in [1.82, 2.24) is 24.9 Å². The van der Waals surface area contributed by atoms with Gasteiger partial charge in [0.15, 0.2) is 0 Å². The molecule has 2 rings (SSSR count). The Labute approximate surface area is 105 Å². The van der Waals surface area contributed by atoms with E-state index < -0.39 is 5.91 Å². The average Bonchev–Trinajstić information content (AvgIpc) is 2.71. The first-order valence-corrected chi connectivity index (χ1v) is 5.69. The van der Waals surface area contributed by atoms with Gasteiger partial charge in [0.2, 0.25) is 5.82 Å². The van der Waals surface area contributed by atoms with Crippen molar-refractivity contribution in [3.8, 4) is 0 Å². The number of rotatable bonds is 3. The van der Waals surface area contributed by atoms with Crippen LogP contribution < -0.4 is 5.32 Å². The monoisotopic (exact) mass is 299 g/mol. The highest BCUT2D eigenvalue weighted by atomic mass is 79.9. The molecule has 2 heterocycles. The molecule has 1 atom stereocenters. The zero-order valence-corrected chi connectivity index (χ0v) is 10.5. The molecular weight excluding hydrogens is 290 g/mol. The largest absolute Gasteiger partial charge is 0.394 e. The highest BCUT2D eigenvalue weighted by molar-refractivity contribution is 9.10. The van der Waals surface area contributed by atoms with Crippen molar-refractivity contribution in [1.29, 1.82) is 0 Å². The first kappa shape index (κ1) is 11.9. The maximum absolute atomic E-state index is 11.7. The minimum atomic E-state index is -0.437. The van der Waals surface area contributed by atoms with Crippen molar-refractivity contribution in [2.45, 2.75) is 13.0 Å². The highest BCUT2D eigenvalue weighted by Gasteiger charge is 2.15. The number of amides is 1. The van der Waals surface area contributed by atoms with E-state index >= 15 is 0 Å². The zero-order chi connectivity index (χ0) is 12.4. The molecule has 2 N–H and O–H groups in total. The van der Waals surface area contributed by atoms with E-state index in [2.05, 4.69) is 36.3 Å². The topological polar surface area (TPSA) is 92.4 Å². The van der Waals surface area contributed by atoms with Crippen LogP contribution in [0.4, 0.5) is 0 Å². The van der Waals surface area contributed by atoms with E-state index in [1.807, 2.05) is 0 Å². The third kappa shape index (κ3) is 2.59. The third-order valence-electron chi connectivity index (χ3n) is 2.02. The first-order valence-electron chi connectivity index (χ1n) is 4.90. The van der Waals surface area contributed by atoms with Gasteiger partial charge in [-0.05, 0) is 22.9 Å². The van der Waals surface area contributed by atoms with Crippen LogP contribution in [0.1, 0.15) is 17.5 Å². The molecule has 0 spiro atoms. The summed E-state index contributed by atoms with van der Waals surface area (Å²) in [5.41, 5.74) is 0. The molecule has 0 fully saturated rings. The molecule has 7 nitrogen and oxygen atoms in total. The van der Waals surface area contributed by atoms with Crippen LogP contribution in [0.15, 0.2) is 16.9 Å². The van der Waals surface area contributed by atoms with Crippen LogP contribution >= 0.6 is 15.9 Å². The van der Waals surface area contributed by atoms with Crippen molar-refractivity contribution >= 4 is 27.6 Å². The molecular formula is C9H10BrN5O2. The van der Waals surface area contributed by atoms with Crippen LogP contribution in [0.3, 0.4) is 0 Å². The van der Waals surface area contributed by atoms with Crippen LogP contribution in [0.5, 0.6) is 0 Å². The Balaban J connectivity index is 2.27. The van der Waals surface area contributed by atoms with Crippen molar-refractivity contribution < 1.29 is 9.90 Å². The number of nitrogens with zero attached hydrogens (tertiary/aromatic N) is 4. The third-order valence-corrected chi connectivity index (χ3v) is 2.43. The molecule has 8 heteroatoms. The minimum absolute atomic E-state index is 0.0240. The number of aliphatic hydroxyl groups excluding tert-OH is 1. The van der Waals surface area contributed by atoms with Gasteiger partial charge in [-0.1, -0.05) is 0 Å². The number of hydrogen-bond acceptors (Lipinski definition) is 5. The molecule has 0 saturated heterocycles. The summed E-state index contributed by atoms with van der Waals surface area (Å²) < 4.78 is 2.15. The molecule has 17 heavy (non-hydrogen) atoms. The SMILES string of the molecule is CC(CO)NC(=O)c1nc2ncc(Br)cn2n1. The lowest BCUT2D eigenvalue weighted by Gasteiger charge is -2.07. The van der Waals surface area contributed by atoms with Gasteiger partial charge in [-0.3, -0.25) is 4.79 Å². The van der Waals surface area contributed by atoms with Gasteiger partial charge >= 0.3 is 0 Å². The van der Waals surface area contributed by atoms with Crippen molar-refractivity contribution in [3.63, 3.8) is 0 Å². The first-order chi connectivity index (χ1) is 8.10. The lowest BCUT2D eigenvalue weighted by molar-refractivity contribution is 0.0912. The number of fused-ring (bicyclic) bond motifs is 1. The van der Waals surface area contributed by atoms with Crippen LogP contribution in [-0.4, -0.2) is 43.2 Å². The predicted octanol–water partition coefficient (Wildman–Crippen LogP) is -0.00260. The van der Waals surface area contributed by atoms with E-state index in [0.29, 0.717) is 5.78 Å². The van der Waals surface area contributed by atoms with Crippen LogP contribution in [0.2, 0.25) is 0 Å². The molecule has 2 aromatic rings. The Bertz CT molecular complexity index is 555. The molecule has 2 aromatic heterocycles. The summed E-state index contributed by atoms with van der Waals surface area (Å²) >= 11 is 3.25. The standard InChI is InChI=1S/C9H10BrN5O2/c1-5(4-16)12-8(17)7-13-9-11-2-6(10)3-15(9)14-7/h2-3,5,16H,4H2,1H3,(H,12,17). The summed E-state index contributed by atoms with van der Waals surface area (Å²) in [6.45, 7) is 1.55. The molecule has 0 bridgehead atoms. The summed E-state index contributed by atoms with van der Waals surface area (Å²) in [7, 11) is 0. The van der Waals surface area contributed by atoms with Crippen LogP contribution in [-0.2, 0) is 0 Å². The van der Waals surface area contributed by atoms with Gasteiger partial charge in [-0.25, -0.2) is 9.50 Å². The number of aliphatic hydroxyl groups is 1. The molecule has 90 valence electrons. The van der Waals surface area contributed by atoms with E-state index in [4.69, 9.17) is 5.11 Å². The van der Waals surface area contributed by atoms with Gasteiger partial charge < -0.3 is 10.4 Å². The smallest absolute Gasteiger partial charge is 0.291 e. The lowest BCUT2D eigenvalue weighted by atomic mass is 10.3. The molecule has 0 aliphatic rings. The van der Waals surface area contributed by atoms with Gasteiger partial charge in [0.25, 0.3) is 11.7 Å². The molecule has 1 unspecified atom stereocenters. The second kappa shape index (κ2) is 4.76. The second-order valence-corrected chi connectivity index (χ2v) is 4.42. The number of hydrogen-bond donors (Lipinski definition) is 2. The Hall–Kier alpha value is -1.54. The van der Waals surface area contributed by atoms with E-state index in [-0.39, 0.29) is 18.5 Å². The Kier molecular flexibility index (Phi) is 3.34. The maximum atomic E-state index is 11.7. The average molecular weight is 300 g/mol. The molecule has 0 aliphatic heterocycles. The number of carbonyl (C=O) groups excluding carboxylic acids is 1. The molecule has 0 saturated carbocycles. The van der Waals surface area contributed by atoms with E-state index in [1.165, 1.54) is 4.52 Å². The lowest BCUT2D eigenvalue weighted by Crippen LogP contribution is -2.35.